The Morgan fingerprint density at radius 3 is 2.33 bits per heavy atom. The molecule has 1 N–H and O–H groups in total. The van der Waals surface area contributed by atoms with Gasteiger partial charge in [0.15, 0.2) is 17.4 Å². The van der Waals surface area contributed by atoms with Crippen LogP contribution < -0.4 is 5.32 Å². The van der Waals surface area contributed by atoms with E-state index in [2.05, 4.69) is 10.3 Å². The first-order chi connectivity index (χ1) is 15.6. The number of amides is 1. The summed E-state index contributed by atoms with van der Waals surface area (Å²) in [5.41, 5.74) is 2.28. The van der Waals surface area contributed by atoms with Crippen molar-refractivity contribution in [3.8, 4) is 11.1 Å². The van der Waals surface area contributed by atoms with Gasteiger partial charge in [0.1, 0.15) is 5.60 Å². The molecule has 0 unspecified atom stereocenters. The third-order valence-corrected chi connectivity index (χ3v) is 4.82. The number of nitrogens with zero attached hydrogens (tertiary/aromatic N) is 1. The van der Waals surface area contributed by atoms with Gasteiger partial charge in [-0.3, -0.25) is 9.78 Å². The summed E-state index contributed by atoms with van der Waals surface area (Å²) in [5, 5.41) is 2.59. The number of hydrogen-bond donors (Lipinski definition) is 1. The lowest BCUT2D eigenvalue weighted by Gasteiger charge is -2.23. The fraction of sp³-hybridized carbons (Fsp3) is 0.269. The Morgan fingerprint density at radius 2 is 1.67 bits per heavy atom. The largest absolute Gasteiger partial charge is 0.444 e. The monoisotopic (exact) mass is 452 g/mol. The molecule has 1 aromatic heterocycles. The molecule has 172 valence electrons. The number of benzene rings is 2. The zero-order valence-electron chi connectivity index (χ0n) is 18.8. The van der Waals surface area contributed by atoms with E-state index in [0.29, 0.717) is 5.56 Å². The smallest absolute Gasteiger partial charge is 0.408 e. The van der Waals surface area contributed by atoms with Gasteiger partial charge in [-0.1, -0.05) is 30.3 Å². The molecule has 0 radical (unpaired) electrons. The second kappa shape index (κ2) is 10.3. The van der Waals surface area contributed by atoms with E-state index in [1.165, 1.54) is 6.07 Å². The van der Waals surface area contributed by atoms with Crippen molar-refractivity contribution in [3.05, 3.63) is 89.8 Å². The first-order valence-corrected chi connectivity index (χ1v) is 10.6. The molecule has 1 amide bonds. The van der Waals surface area contributed by atoms with Crippen LogP contribution in [0.25, 0.3) is 11.1 Å². The number of hydrogen-bond acceptors (Lipinski definition) is 4. The van der Waals surface area contributed by atoms with E-state index in [-0.39, 0.29) is 18.6 Å². The van der Waals surface area contributed by atoms with Crippen molar-refractivity contribution in [1.29, 1.82) is 0 Å². The summed E-state index contributed by atoms with van der Waals surface area (Å²) in [7, 11) is 0. The Hall–Kier alpha value is -3.61. The number of rotatable bonds is 7. The summed E-state index contributed by atoms with van der Waals surface area (Å²) < 4.78 is 32.3. The van der Waals surface area contributed by atoms with E-state index in [4.69, 9.17) is 4.74 Å². The Bertz CT molecular complexity index is 1130. The van der Waals surface area contributed by atoms with Crippen LogP contribution in [0.1, 0.15) is 31.9 Å². The summed E-state index contributed by atoms with van der Waals surface area (Å²) in [5.74, 6) is -2.27. The Labute approximate surface area is 191 Å². The number of alkyl carbamates (subject to hydrolysis) is 1. The number of halogens is 2. The van der Waals surface area contributed by atoms with Crippen LogP contribution in [0.3, 0.4) is 0 Å². The number of carbonyl (C=O) groups is 2. The topological polar surface area (TPSA) is 68.3 Å². The maximum absolute atomic E-state index is 13.7. The van der Waals surface area contributed by atoms with Crippen LogP contribution in [-0.4, -0.2) is 28.5 Å². The lowest BCUT2D eigenvalue weighted by molar-refractivity contribution is -0.120. The van der Waals surface area contributed by atoms with Gasteiger partial charge in [0, 0.05) is 18.8 Å². The molecule has 0 aliphatic rings. The van der Waals surface area contributed by atoms with Crippen LogP contribution >= 0.6 is 0 Å². The first kappa shape index (κ1) is 24.0. The van der Waals surface area contributed by atoms with Gasteiger partial charge in [0.25, 0.3) is 0 Å². The minimum atomic E-state index is -1.01. The van der Waals surface area contributed by atoms with Gasteiger partial charge in [-0.2, -0.15) is 0 Å². The van der Waals surface area contributed by atoms with Crippen LogP contribution in [0.5, 0.6) is 0 Å². The Morgan fingerprint density at radius 1 is 0.939 bits per heavy atom. The maximum atomic E-state index is 13.7. The lowest BCUT2D eigenvalue weighted by Crippen LogP contribution is -2.45. The standard InChI is InChI=1S/C26H26F2N2O3/c1-26(2,3)33-25(32)30-23(15-18-7-8-21(27)22(28)14-18)24(31)16-17-5-4-6-20(13-17)19-9-11-29-12-10-19/h4-14,23H,15-16H2,1-3H3,(H,30,32)/t23-/m0/s1. The van der Waals surface area contributed by atoms with Gasteiger partial charge in [0.05, 0.1) is 6.04 Å². The van der Waals surface area contributed by atoms with Crippen LogP contribution in [0.4, 0.5) is 13.6 Å². The molecule has 0 saturated carbocycles. The number of ketones is 1. The maximum Gasteiger partial charge on any atom is 0.408 e. The summed E-state index contributed by atoms with van der Waals surface area (Å²) >= 11 is 0. The molecule has 2 aromatic carbocycles. The summed E-state index contributed by atoms with van der Waals surface area (Å²) in [6.07, 6.45) is 2.67. The molecular formula is C26H26F2N2O3. The molecule has 3 rings (SSSR count). The van der Waals surface area contributed by atoms with E-state index < -0.39 is 29.4 Å². The average Bonchev–Trinajstić information content (AvgIpc) is 2.75. The van der Waals surface area contributed by atoms with E-state index in [0.717, 1.165) is 28.8 Å². The number of nitrogens with one attached hydrogen (secondary N) is 1. The first-order valence-electron chi connectivity index (χ1n) is 10.6. The molecule has 0 spiro atoms. The molecule has 7 heteroatoms. The van der Waals surface area contributed by atoms with Crippen molar-refractivity contribution in [2.24, 2.45) is 0 Å². The second-order valence-electron chi connectivity index (χ2n) is 8.73. The van der Waals surface area contributed by atoms with Crippen molar-refractivity contribution >= 4 is 11.9 Å². The molecule has 0 aliphatic carbocycles. The van der Waals surface area contributed by atoms with Gasteiger partial charge in [0.2, 0.25) is 0 Å². The molecule has 0 aliphatic heterocycles. The van der Waals surface area contributed by atoms with Crippen molar-refractivity contribution < 1.29 is 23.1 Å². The van der Waals surface area contributed by atoms with E-state index >= 15 is 0 Å². The molecule has 0 fully saturated rings. The minimum absolute atomic E-state index is 0.000673. The third-order valence-electron chi connectivity index (χ3n) is 4.82. The van der Waals surface area contributed by atoms with E-state index in [1.807, 2.05) is 36.4 Å². The summed E-state index contributed by atoms with van der Waals surface area (Å²) in [4.78, 5) is 29.5. The highest BCUT2D eigenvalue weighted by molar-refractivity contribution is 5.89. The fourth-order valence-electron chi connectivity index (χ4n) is 3.33. The summed E-state index contributed by atoms with van der Waals surface area (Å²) in [6.45, 7) is 5.13. The summed E-state index contributed by atoms with van der Waals surface area (Å²) in [6, 6.07) is 13.7. The van der Waals surface area contributed by atoms with Gasteiger partial charge in [-0.25, -0.2) is 13.6 Å². The van der Waals surface area contributed by atoms with Crippen molar-refractivity contribution in [1.82, 2.24) is 10.3 Å². The zero-order valence-corrected chi connectivity index (χ0v) is 18.8. The highest BCUT2D eigenvalue weighted by Crippen LogP contribution is 2.20. The Balaban J connectivity index is 1.80. The number of pyridine rings is 1. The van der Waals surface area contributed by atoms with Crippen LogP contribution in [0.2, 0.25) is 0 Å². The molecule has 5 nitrogen and oxygen atoms in total. The van der Waals surface area contributed by atoms with Crippen LogP contribution in [0.15, 0.2) is 67.0 Å². The van der Waals surface area contributed by atoms with Crippen molar-refractivity contribution in [3.63, 3.8) is 0 Å². The van der Waals surface area contributed by atoms with E-state index in [9.17, 15) is 18.4 Å². The van der Waals surface area contributed by atoms with Crippen molar-refractivity contribution in [2.45, 2.75) is 45.3 Å². The number of aromatic nitrogens is 1. The highest BCUT2D eigenvalue weighted by Gasteiger charge is 2.25. The lowest BCUT2D eigenvalue weighted by atomic mass is 9.96. The molecule has 1 heterocycles. The minimum Gasteiger partial charge on any atom is -0.444 e. The quantitative estimate of drug-likeness (QED) is 0.530. The normalized spacial score (nSPS) is 12.2. The van der Waals surface area contributed by atoms with Crippen LogP contribution in [-0.2, 0) is 22.4 Å². The van der Waals surface area contributed by atoms with Crippen LogP contribution in [0, 0.1) is 11.6 Å². The predicted molar refractivity (Wildman–Crippen MR) is 122 cm³/mol. The van der Waals surface area contributed by atoms with Gasteiger partial charge < -0.3 is 10.1 Å². The van der Waals surface area contributed by atoms with Crippen molar-refractivity contribution in [2.75, 3.05) is 0 Å². The molecule has 0 bridgehead atoms. The number of Topliss-reactive ketones (excluding diaryl/α,β-unsaturated/α-hetero) is 1. The van der Waals surface area contributed by atoms with Gasteiger partial charge >= 0.3 is 6.09 Å². The SMILES string of the molecule is CC(C)(C)OC(=O)N[C@@H](Cc1ccc(F)c(F)c1)C(=O)Cc1cccc(-c2ccncc2)c1. The predicted octanol–water partition coefficient (Wildman–Crippen LogP) is 5.27. The third kappa shape index (κ3) is 7.20. The highest BCUT2D eigenvalue weighted by atomic mass is 19.2. The molecule has 33 heavy (non-hydrogen) atoms. The molecule has 1 atom stereocenters. The Kier molecular flexibility index (Phi) is 7.53. The number of carbonyl (C=O) groups excluding carboxylic acids is 2. The average molecular weight is 453 g/mol. The fourth-order valence-corrected chi connectivity index (χ4v) is 3.33. The second-order valence-corrected chi connectivity index (χ2v) is 8.73. The van der Waals surface area contributed by atoms with Gasteiger partial charge in [-0.05, 0) is 73.7 Å². The van der Waals surface area contributed by atoms with Gasteiger partial charge in [-0.15, -0.1) is 0 Å². The van der Waals surface area contributed by atoms with E-state index in [1.54, 1.807) is 33.2 Å². The molecular weight excluding hydrogens is 426 g/mol. The number of ether oxygens (including phenoxy) is 1. The zero-order chi connectivity index (χ0) is 24.0. The molecule has 3 aromatic rings. The molecule has 0 saturated heterocycles.